The van der Waals surface area contributed by atoms with E-state index in [9.17, 15) is 13.6 Å². The minimum absolute atomic E-state index is 0.203. The minimum atomic E-state index is -3.31. The zero-order valence-corrected chi connectivity index (χ0v) is 10.7. The Balaban J connectivity index is 1.88. The third-order valence-electron chi connectivity index (χ3n) is 3.51. The Hall–Kier alpha value is -2.23. The van der Waals surface area contributed by atoms with E-state index in [1.54, 1.807) is 30.3 Å². The Morgan fingerprint density at radius 1 is 0.950 bits per heavy atom. The van der Waals surface area contributed by atoms with Crippen LogP contribution < -0.4 is 0 Å². The summed E-state index contributed by atoms with van der Waals surface area (Å²) in [6.07, 6.45) is 0. The Bertz CT molecular complexity index is 613. The standard InChI is InChI=1S/C16H13F2NO/c17-16(18)14(13-9-5-2-6-10-13)19(15(16)20)11-12-7-3-1-4-8-12/h1-10,14H,11H2. The van der Waals surface area contributed by atoms with Crippen LogP contribution in [-0.2, 0) is 11.3 Å². The predicted octanol–water partition coefficient (Wildman–Crippen LogP) is 3.41. The molecule has 2 nitrogen and oxygen atoms in total. The minimum Gasteiger partial charge on any atom is -0.319 e. The number of benzene rings is 2. The second-order valence-electron chi connectivity index (χ2n) is 4.85. The summed E-state index contributed by atoms with van der Waals surface area (Å²) in [6, 6.07) is 16.4. The van der Waals surface area contributed by atoms with Gasteiger partial charge in [-0.3, -0.25) is 4.79 Å². The van der Waals surface area contributed by atoms with Crippen LogP contribution in [0.1, 0.15) is 17.2 Å². The average Bonchev–Trinajstić information content (AvgIpc) is 2.48. The van der Waals surface area contributed by atoms with E-state index in [0.29, 0.717) is 5.56 Å². The van der Waals surface area contributed by atoms with E-state index in [4.69, 9.17) is 0 Å². The highest BCUT2D eigenvalue weighted by atomic mass is 19.3. The van der Waals surface area contributed by atoms with Gasteiger partial charge in [-0.1, -0.05) is 60.7 Å². The molecule has 2 aromatic carbocycles. The molecule has 0 saturated carbocycles. The molecule has 1 saturated heterocycles. The Morgan fingerprint density at radius 3 is 2.10 bits per heavy atom. The van der Waals surface area contributed by atoms with Crippen LogP contribution in [0.2, 0.25) is 0 Å². The van der Waals surface area contributed by atoms with Crippen molar-refractivity contribution in [3.05, 3.63) is 71.8 Å². The maximum Gasteiger partial charge on any atom is 0.348 e. The summed E-state index contributed by atoms with van der Waals surface area (Å²) in [4.78, 5) is 12.9. The van der Waals surface area contributed by atoms with Gasteiger partial charge >= 0.3 is 5.92 Å². The molecule has 2 aromatic rings. The van der Waals surface area contributed by atoms with Gasteiger partial charge in [0.2, 0.25) is 0 Å². The van der Waals surface area contributed by atoms with Crippen LogP contribution in [-0.4, -0.2) is 16.7 Å². The van der Waals surface area contributed by atoms with Crippen LogP contribution in [0.4, 0.5) is 8.78 Å². The number of hydrogen-bond donors (Lipinski definition) is 0. The lowest BCUT2D eigenvalue weighted by Gasteiger charge is -2.46. The van der Waals surface area contributed by atoms with Crippen molar-refractivity contribution in [1.29, 1.82) is 0 Å². The third kappa shape index (κ3) is 1.97. The molecule has 1 aliphatic heterocycles. The highest BCUT2D eigenvalue weighted by Gasteiger charge is 2.63. The number of carbonyl (C=O) groups excluding carboxylic acids is 1. The zero-order chi connectivity index (χ0) is 14.2. The van der Waals surface area contributed by atoms with Crippen LogP contribution in [0, 0.1) is 0 Å². The molecule has 1 heterocycles. The molecule has 3 rings (SSSR count). The fraction of sp³-hybridized carbons (Fsp3) is 0.188. The molecule has 0 radical (unpaired) electrons. The summed E-state index contributed by atoms with van der Waals surface area (Å²) in [5, 5.41) is 0. The Labute approximate surface area is 115 Å². The van der Waals surface area contributed by atoms with E-state index in [1.165, 1.54) is 4.90 Å². The number of hydrogen-bond acceptors (Lipinski definition) is 1. The van der Waals surface area contributed by atoms with Crippen LogP contribution in [0.25, 0.3) is 0 Å². The third-order valence-corrected chi connectivity index (χ3v) is 3.51. The van der Waals surface area contributed by atoms with Crippen molar-refractivity contribution in [2.45, 2.75) is 18.5 Å². The quantitative estimate of drug-likeness (QED) is 0.785. The summed E-state index contributed by atoms with van der Waals surface area (Å²) >= 11 is 0. The van der Waals surface area contributed by atoms with Gasteiger partial charge in [0.15, 0.2) is 0 Å². The monoisotopic (exact) mass is 273 g/mol. The van der Waals surface area contributed by atoms with Gasteiger partial charge < -0.3 is 4.90 Å². The average molecular weight is 273 g/mol. The first-order valence-electron chi connectivity index (χ1n) is 6.38. The number of halogens is 2. The molecular weight excluding hydrogens is 260 g/mol. The van der Waals surface area contributed by atoms with Crippen molar-refractivity contribution in [1.82, 2.24) is 4.90 Å². The number of β-lactam (4-membered cyclic amide) rings is 1. The molecule has 0 N–H and O–H groups in total. The summed E-state index contributed by atoms with van der Waals surface area (Å²) in [7, 11) is 0. The number of nitrogens with zero attached hydrogens (tertiary/aromatic N) is 1. The molecule has 0 bridgehead atoms. The zero-order valence-electron chi connectivity index (χ0n) is 10.7. The summed E-state index contributed by atoms with van der Waals surface area (Å²) in [5.41, 5.74) is 1.31. The normalized spacial score (nSPS) is 20.6. The highest BCUT2D eigenvalue weighted by molar-refractivity contribution is 5.91. The van der Waals surface area contributed by atoms with Crippen molar-refractivity contribution < 1.29 is 13.6 Å². The second kappa shape index (κ2) is 4.71. The number of likely N-dealkylation sites (tertiary alicyclic amines) is 1. The van der Waals surface area contributed by atoms with Gasteiger partial charge in [-0.2, -0.15) is 8.78 Å². The first-order chi connectivity index (χ1) is 9.60. The SMILES string of the molecule is O=C1N(Cc2ccccc2)C(c2ccccc2)C1(F)F. The van der Waals surface area contributed by atoms with Crippen molar-refractivity contribution in [3.63, 3.8) is 0 Å². The van der Waals surface area contributed by atoms with Gasteiger partial charge in [0.1, 0.15) is 6.04 Å². The van der Waals surface area contributed by atoms with Gasteiger partial charge in [-0.15, -0.1) is 0 Å². The molecular formula is C16H13F2NO. The Morgan fingerprint density at radius 2 is 1.50 bits per heavy atom. The fourth-order valence-corrected chi connectivity index (χ4v) is 2.52. The summed E-state index contributed by atoms with van der Waals surface area (Å²) in [5.74, 6) is -4.41. The van der Waals surface area contributed by atoms with E-state index in [0.717, 1.165) is 5.56 Å². The van der Waals surface area contributed by atoms with Crippen LogP contribution >= 0.6 is 0 Å². The van der Waals surface area contributed by atoms with Gasteiger partial charge in [0, 0.05) is 6.54 Å². The number of carbonyl (C=O) groups is 1. The second-order valence-corrected chi connectivity index (χ2v) is 4.85. The molecule has 1 amide bonds. The van der Waals surface area contributed by atoms with Gasteiger partial charge in [-0.05, 0) is 11.1 Å². The predicted molar refractivity (Wildman–Crippen MR) is 71.1 cm³/mol. The molecule has 1 atom stereocenters. The smallest absolute Gasteiger partial charge is 0.319 e. The first-order valence-corrected chi connectivity index (χ1v) is 6.38. The van der Waals surface area contributed by atoms with E-state index in [2.05, 4.69) is 0 Å². The highest BCUT2D eigenvalue weighted by Crippen LogP contribution is 2.47. The fourth-order valence-electron chi connectivity index (χ4n) is 2.52. The largest absolute Gasteiger partial charge is 0.348 e. The first kappa shape index (κ1) is 12.8. The number of amides is 1. The van der Waals surface area contributed by atoms with Crippen LogP contribution in [0.5, 0.6) is 0 Å². The molecule has 102 valence electrons. The van der Waals surface area contributed by atoms with E-state index in [1.807, 2.05) is 30.3 Å². The molecule has 1 unspecified atom stereocenters. The van der Waals surface area contributed by atoms with E-state index >= 15 is 0 Å². The lowest BCUT2D eigenvalue weighted by Crippen LogP contribution is -2.63. The maximum atomic E-state index is 13.8. The molecule has 0 aliphatic carbocycles. The van der Waals surface area contributed by atoms with Crippen molar-refractivity contribution in [2.24, 2.45) is 0 Å². The molecule has 4 heteroatoms. The lowest BCUT2D eigenvalue weighted by molar-refractivity contribution is -0.207. The molecule has 0 aromatic heterocycles. The maximum absolute atomic E-state index is 13.8. The van der Waals surface area contributed by atoms with Crippen molar-refractivity contribution in [3.8, 4) is 0 Å². The van der Waals surface area contributed by atoms with Gasteiger partial charge in [0.25, 0.3) is 5.91 Å². The molecule has 0 spiro atoms. The van der Waals surface area contributed by atoms with Crippen LogP contribution in [0.15, 0.2) is 60.7 Å². The van der Waals surface area contributed by atoms with Crippen LogP contribution in [0.3, 0.4) is 0 Å². The number of alkyl halides is 2. The van der Waals surface area contributed by atoms with Gasteiger partial charge in [0.05, 0.1) is 0 Å². The van der Waals surface area contributed by atoms with Crippen molar-refractivity contribution in [2.75, 3.05) is 0 Å². The molecule has 20 heavy (non-hydrogen) atoms. The number of rotatable bonds is 3. The topological polar surface area (TPSA) is 20.3 Å². The summed E-state index contributed by atoms with van der Waals surface area (Å²) < 4.78 is 27.7. The molecule has 1 fully saturated rings. The summed E-state index contributed by atoms with van der Waals surface area (Å²) in [6.45, 7) is 0.203. The van der Waals surface area contributed by atoms with E-state index in [-0.39, 0.29) is 6.54 Å². The molecule has 1 aliphatic rings. The Kier molecular flexibility index (Phi) is 3.01. The van der Waals surface area contributed by atoms with Crippen molar-refractivity contribution >= 4 is 5.91 Å². The van der Waals surface area contributed by atoms with E-state index < -0.39 is 17.9 Å². The lowest BCUT2D eigenvalue weighted by atomic mass is 9.89. The van der Waals surface area contributed by atoms with Gasteiger partial charge in [-0.25, -0.2) is 0 Å².